The van der Waals surface area contributed by atoms with Gasteiger partial charge in [0.25, 0.3) is 11.6 Å². The number of ether oxygens (including phenoxy) is 8. The van der Waals surface area contributed by atoms with Crippen LogP contribution in [0.1, 0.15) is 13.8 Å². The summed E-state index contributed by atoms with van der Waals surface area (Å²) >= 11 is 0. The van der Waals surface area contributed by atoms with Crippen molar-refractivity contribution in [3.8, 4) is 0 Å². The van der Waals surface area contributed by atoms with Crippen LogP contribution in [0.2, 0.25) is 0 Å². The Kier molecular flexibility index (Phi) is 11.8. The number of nitrogens with one attached hydrogen (secondary N) is 2. The number of carbonyl (C=O) groups is 4. The lowest BCUT2D eigenvalue weighted by molar-refractivity contribution is -0.310. The van der Waals surface area contributed by atoms with Gasteiger partial charge in [-0.25, -0.2) is 19.2 Å². The van der Waals surface area contributed by atoms with E-state index in [0.29, 0.717) is 0 Å². The smallest absolute Gasteiger partial charge is 0.407 e. The van der Waals surface area contributed by atoms with Crippen molar-refractivity contribution < 1.29 is 87.7 Å². The molecule has 3 rings (SSSR count). The lowest BCUT2D eigenvalue weighted by Crippen LogP contribution is -2.60. The second-order valence-electron chi connectivity index (χ2n) is 10.0. The van der Waals surface area contributed by atoms with Crippen molar-refractivity contribution in [2.45, 2.75) is 74.4 Å². The molecule has 0 spiro atoms. The highest BCUT2D eigenvalue weighted by Gasteiger charge is 2.45. The van der Waals surface area contributed by atoms with Crippen LogP contribution in [0, 0.1) is 0 Å². The summed E-state index contributed by atoms with van der Waals surface area (Å²) in [6, 6.07) is 0. The predicted molar refractivity (Wildman–Crippen MR) is 131 cm³/mol. The van der Waals surface area contributed by atoms with E-state index in [1.165, 1.54) is 13.8 Å². The van der Waals surface area contributed by atoms with Crippen LogP contribution < -0.4 is 10.6 Å². The van der Waals surface area contributed by atoms with Crippen molar-refractivity contribution in [2.24, 2.45) is 0 Å². The molecule has 3 aliphatic heterocycles. The number of hydrogen-bond acceptors (Lipinski definition) is 16. The van der Waals surface area contributed by atoms with Gasteiger partial charge in [-0.3, -0.25) is 0 Å². The van der Waals surface area contributed by atoms with Crippen LogP contribution in [-0.4, -0.2) is 161 Å². The zero-order valence-electron chi connectivity index (χ0n) is 23.2. The van der Waals surface area contributed by atoms with Gasteiger partial charge in [-0.05, 0) is 0 Å². The summed E-state index contributed by atoms with van der Waals surface area (Å²) in [6.07, 6.45) is -13.3. The van der Waals surface area contributed by atoms with E-state index in [1.54, 1.807) is 0 Å². The first-order valence-corrected chi connectivity index (χ1v) is 13.0. The van der Waals surface area contributed by atoms with Crippen molar-refractivity contribution >= 4 is 24.1 Å². The minimum Gasteiger partial charge on any atom is -0.477 e. The highest BCUT2D eigenvalue weighted by Crippen LogP contribution is 2.24. The molecule has 5 atom stereocenters. The molecule has 20 nitrogen and oxygen atoms in total. The molecule has 0 aromatic rings. The van der Waals surface area contributed by atoms with Gasteiger partial charge >= 0.3 is 24.1 Å². The first-order chi connectivity index (χ1) is 20.2. The Morgan fingerprint density at radius 2 is 1.19 bits per heavy atom. The maximum absolute atomic E-state index is 12.4. The molecule has 20 heteroatoms. The number of carboxylic acid groups (broad SMARTS) is 2. The zero-order chi connectivity index (χ0) is 31.9. The van der Waals surface area contributed by atoms with Crippen LogP contribution in [-0.2, 0) is 47.5 Å². The standard InChI is InChI=1S/C23H36N2O18/c1-22(18(30)31)36-6-11(7-37-22)41-20(34)24-3-10(40-17-16(29)15(28)14(27)13(5-26)43-17)4-25-21(35)42-12-8-38-23(2,19(32)33)39-9-12/h10-17,26-29H,3-9H2,1-2H3,(H,24,34)(H,25,35)(H,30,31)(H,32,33). The molecule has 246 valence electrons. The number of carbonyl (C=O) groups excluding carboxylic acids is 2. The first kappa shape index (κ1) is 34.6. The molecule has 8 N–H and O–H groups in total. The van der Waals surface area contributed by atoms with Crippen molar-refractivity contribution in [3.63, 3.8) is 0 Å². The second-order valence-corrected chi connectivity index (χ2v) is 10.0. The Balaban J connectivity index is 1.55. The monoisotopic (exact) mass is 628 g/mol. The summed E-state index contributed by atoms with van der Waals surface area (Å²) in [5.41, 5.74) is 0. The number of hydrogen-bond donors (Lipinski definition) is 8. The predicted octanol–water partition coefficient (Wildman–Crippen LogP) is -3.94. The van der Waals surface area contributed by atoms with E-state index in [1.807, 2.05) is 0 Å². The number of amides is 2. The van der Waals surface area contributed by atoms with E-state index in [-0.39, 0.29) is 26.4 Å². The summed E-state index contributed by atoms with van der Waals surface area (Å²) in [5.74, 6) is -6.52. The van der Waals surface area contributed by atoms with Gasteiger partial charge < -0.3 is 79.2 Å². The van der Waals surface area contributed by atoms with Gasteiger partial charge in [0.2, 0.25) is 0 Å². The molecule has 0 aromatic carbocycles. The fraction of sp³-hybridized carbons (Fsp3) is 0.826. The van der Waals surface area contributed by atoms with Crippen LogP contribution in [0.4, 0.5) is 9.59 Å². The van der Waals surface area contributed by atoms with Crippen molar-refractivity contribution in [1.82, 2.24) is 10.6 Å². The zero-order valence-corrected chi connectivity index (χ0v) is 23.2. The Labute approximate surface area is 243 Å². The van der Waals surface area contributed by atoms with Gasteiger partial charge in [-0.2, -0.15) is 0 Å². The van der Waals surface area contributed by atoms with Gasteiger partial charge in [0, 0.05) is 26.9 Å². The fourth-order valence-corrected chi connectivity index (χ4v) is 3.89. The third kappa shape index (κ3) is 9.04. The third-order valence-electron chi connectivity index (χ3n) is 6.63. The molecule has 3 heterocycles. The van der Waals surface area contributed by atoms with E-state index >= 15 is 0 Å². The Bertz CT molecular complexity index is 921. The Morgan fingerprint density at radius 1 is 0.767 bits per heavy atom. The van der Waals surface area contributed by atoms with E-state index in [9.17, 15) is 39.6 Å². The summed E-state index contributed by atoms with van der Waals surface area (Å²) in [5, 5.41) is 62.7. The molecule has 2 amide bonds. The molecule has 43 heavy (non-hydrogen) atoms. The third-order valence-corrected chi connectivity index (χ3v) is 6.63. The fourth-order valence-electron chi connectivity index (χ4n) is 3.89. The van der Waals surface area contributed by atoms with Crippen LogP contribution >= 0.6 is 0 Å². The van der Waals surface area contributed by atoms with Crippen LogP contribution in [0.5, 0.6) is 0 Å². The van der Waals surface area contributed by atoms with Gasteiger partial charge in [-0.1, -0.05) is 0 Å². The van der Waals surface area contributed by atoms with Gasteiger partial charge in [-0.15, -0.1) is 0 Å². The molecule has 3 saturated heterocycles. The minimum atomic E-state index is -1.90. The molecule has 0 bridgehead atoms. The molecule has 0 aromatic heterocycles. The molecule has 0 aliphatic carbocycles. The Hall–Kier alpha value is -2.92. The highest BCUT2D eigenvalue weighted by atomic mass is 16.8. The molecular weight excluding hydrogens is 592 g/mol. The number of aliphatic hydroxyl groups is 4. The number of aliphatic carboxylic acids is 2. The summed E-state index contributed by atoms with van der Waals surface area (Å²) in [4.78, 5) is 47.1. The number of alkyl carbamates (subject to hydrolysis) is 2. The van der Waals surface area contributed by atoms with Crippen LogP contribution in [0.15, 0.2) is 0 Å². The highest BCUT2D eigenvalue weighted by molar-refractivity contribution is 5.75. The average molecular weight is 629 g/mol. The van der Waals surface area contributed by atoms with E-state index in [0.717, 1.165) is 0 Å². The second kappa shape index (κ2) is 14.7. The van der Waals surface area contributed by atoms with Crippen molar-refractivity contribution in [3.05, 3.63) is 0 Å². The molecule has 3 aliphatic rings. The maximum atomic E-state index is 12.4. The summed E-state index contributed by atoms with van der Waals surface area (Å²) in [6.45, 7) is -0.294. The topological polar surface area (TPSA) is 288 Å². The number of carboxylic acids is 2. The summed E-state index contributed by atoms with van der Waals surface area (Å²) < 4.78 is 41.6. The van der Waals surface area contributed by atoms with Gasteiger partial charge in [0.1, 0.15) is 24.4 Å². The number of aliphatic hydroxyl groups excluding tert-OH is 4. The van der Waals surface area contributed by atoms with Gasteiger partial charge in [0.15, 0.2) is 18.5 Å². The Morgan fingerprint density at radius 3 is 1.56 bits per heavy atom. The minimum absolute atomic E-state index is 0.283. The van der Waals surface area contributed by atoms with Crippen LogP contribution in [0.25, 0.3) is 0 Å². The summed E-state index contributed by atoms with van der Waals surface area (Å²) in [7, 11) is 0. The van der Waals surface area contributed by atoms with E-state index < -0.39 is 104 Å². The largest absolute Gasteiger partial charge is 0.477 e. The van der Waals surface area contributed by atoms with Crippen molar-refractivity contribution in [2.75, 3.05) is 46.1 Å². The number of rotatable bonds is 11. The first-order valence-electron chi connectivity index (χ1n) is 13.0. The van der Waals surface area contributed by atoms with E-state index in [2.05, 4.69) is 10.6 Å². The van der Waals surface area contributed by atoms with Gasteiger partial charge in [0.05, 0.1) is 39.1 Å². The average Bonchev–Trinajstić information content (AvgIpc) is 2.97. The lowest BCUT2D eigenvalue weighted by Gasteiger charge is -2.40. The van der Waals surface area contributed by atoms with Crippen LogP contribution in [0.3, 0.4) is 0 Å². The molecular formula is C23H36N2O18. The van der Waals surface area contributed by atoms with E-state index in [4.69, 9.17) is 48.1 Å². The maximum Gasteiger partial charge on any atom is 0.407 e. The molecule has 3 fully saturated rings. The molecule has 5 unspecified atom stereocenters. The SMILES string of the molecule is CC1(C(=O)O)OCC(OC(=O)NCC(CNC(=O)OC2COC(C)(C(=O)O)OC2)OC2OC(CO)C(O)C(O)C2O)CO1. The lowest BCUT2D eigenvalue weighted by atomic mass is 9.99. The molecule has 0 radical (unpaired) electrons. The molecule has 0 saturated carbocycles. The normalized spacial score (nSPS) is 37.0. The quantitative estimate of drug-likeness (QED) is 0.108. The van der Waals surface area contributed by atoms with Crippen molar-refractivity contribution in [1.29, 1.82) is 0 Å².